The molecular formula is C20H25NO2. The van der Waals surface area contributed by atoms with Crippen LogP contribution in [0.15, 0.2) is 60.7 Å². The molecule has 0 bridgehead atoms. The maximum absolute atomic E-state index is 11.9. The molecule has 1 N–H and O–H groups in total. The van der Waals surface area contributed by atoms with E-state index in [2.05, 4.69) is 36.5 Å². The smallest absolute Gasteiger partial charge is 0.307 e. The standard InChI is InChI=1S/C20H25NO2/c1-3-23-20(22)14-19(16(2)18-12-8-5-9-13-18)21-15-17-10-6-4-7-11-17/h4-13,16,19,21H,3,14-15H2,1-2H3. The summed E-state index contributed by atoms with van der Waals surface area (Å²) in [5, 5.41) is 3.52. The minimum absolute atomic E-state index is 0.0386. The molecule has 0 radical (unpaired) electrons. The van der Waals surface area contributed by atoms with Crippen molar-refractivity contribution in [3.63, 3.8) is 0 Å². The summed E-state index contributed by atoms with van der Waals surface area (Å²) in [6, 6.07) is 20.5. The SMILES string of the molecule is CCOC(=O)CC(NCc1ccccc1)C(C)c1ccccc1. The van der Waals surface area contributed by atoms with Crippen LogP contribution in [0.25, 0.3) is 0 Å². The van der Waals surface area contributed by atoms with Crippen molar-refractivity contribution in [1.29, 1.82) is 0 Å². The number of nitrogens with one attached hydrogen (secondary N) is 1. The van der Waals surface area contributed by atoms with Crippen molar-refractivity contribution in [2.24, 2.45) is 0 Å². The van der Waals surface area contributed by atoms with Gasteiger partial charge in [0.25, 0.3) is 0 Å². The Kier molecular flexibility index (Phi) is 6.82. The number of carbonyl (C=O) groups excluding carboxylic acids is 1. The van der Waals surface area contributed by atoms with Crippen molar-refractivity contribution in [2.75, 3.05) is 6.61 Å². The number of ether oxygens (including phenoxy) is 1. The quantitative estimate of drug-likeness (QED) is 0.751. The molecule has 0 aliphatic heterocycles. The molecule has 0 aliphatic carbocycles. The number of hydrogen-bond donors (Lipinski definition) is 1. The Bertz CT molecular complexity index is 583. The average molecular weight is 311 g/mol. The van der Waals surface area contributed by atoms with Crippen LogP contribution < -0.4 is 5.32 Å². The van der Waals surface area contributed by atoms with Crippen molar-refractivity contribution in [3.8, 4) is 0 Å². The van der Waals surface area contributed by atoms with Gasteiger partial charge in [-0.1, -0.05) is 67.6 Å². The van der Waals surface area contributed by atoms with Crippen LogP contribution in [-0.4, -0.2) is 18.6 Å². The van der Waals surface area contributed by atoms with Crippen molar-refractivity contribution >= 4 is 5.97 Å². The predicted molar refractivity (Wildman–Crippen MR) is 93.2 cm³/mol. The summed E-state index contributed by atoms with van der Waals surface area (Å²) in [4.78, 5) is 11.9. The lowest BCUT2D eigenvalue weighted by molar-refractivity contribution is -0.143. The molecule has 0 saturated heterocycles. The predicted octanol–water partition coefficient (Wildman–Crippen LogP) is 3.90. The van der Waals surface area contributed by atoms with Gasteiger partial charge in [-0.3, -0.25) is 4.79 Å². The largest absolute Gasteiger partial charge is 0.466 e. The van der Waals surface area contributed by atoms with Gasteiger partial charge in [-0.25, -0.2) is 0 Å². The monoisotopic (exact) mass is 311 g/mol. The molecule has 0 amide bonds. The number of benzene rings is 2. The second-order valence-corrected chi connectivity index (χ2v) is 5.68. The fourth-order valence-corrected chi connectivity index (χ4v) is 2.66. The molecule has 0 heterocycles. The Balaban J connectivity index is 2.06. The Morgan fingerprint density at radius 1 is 1.04 bits per heavy atom. The molecule has 3 nitrogen and oxygen atoms in total. The summed E-state index contributed by atoms with van der Waals surface area (Å²) in [6.45, 7) is 5.15. The normalized spacial score (nSPS) is 13.3. The van der Waals surface area contributed by atoms with Crippen molar-refractivity contribution in [3.05, 3.63) is 71.8 Å². The van der Waals surface area contributed by atoms with E-state index in [0.29, 0.717) is 13.0 Å². The van der Waals surface area contributed by atoms with Gasteiger partial charge in [0.1, 0.15) is 0 Å². The van der Waals surface area contributed by atoms with Gasteiger partial charge in [0.05, 0.1) is 13.0 Å². The van der Waals surface area contributed by atoms with Crippen LogP contribution in [0.5, 0.6) is 0 Å². The van der Waals surface area contributed by atoms with Crippen molar-refractivity contribution in [2.45, 2.75) is 38.8 Å². The summed E-state index contributed by atoms with van der Waals surface area (Å²) in [6.07, 6.45) is 0.372. The summed E-state index contributed by atoms with van der Waals surface area (Å²) < 4.78 is 5.13. The fraction of sp³-hybridized carbons (Fsp3) is 0.350. The summed E-state index contributed by atoms with van der Waals surface area (Å²) >= 11 is 0. The third-order valence-corrected chi connectivity index (χ3v) is 4.03. The first-order valence-corrected chi connectivity index (χ1v) is 8.18. The first-order chi connectivity index (χ1) is 11.2. The number of rotatable bonds is 8. The fourth-order valence-electron chi connectivity index (χ4n) is 2.66. The van der Waals surface area contributed by atoms with Crippen LogP contribution in [0.3, 0.4) is 0 Å². The lowest BCUT2D eigenvalue weighted by Crippen LogP contribution is -2.36. The van der Waals surface area contributed by atoms with Crippen molar-refractivity contribution < 1.29 is 9.53 Å². The third kappa shape index (κ3) is 5.53. The van der Waals surface area contributed by atoms with Crippen LogP contribution in [0.1, 0.15) is 37.3 Å². The van der Waals surface area contributed by atoms with E-state index in [1.807, 2.05) is 43.3 Å². The van der Waals surface area contributed by atoms with Crippen LogP contribution in [-0.2, 0) is 16.1 Å². The first kappa shape index (κ1) is 17.2. The van der Waals surface area contributed by atoms with E-state index in [-0.39, 0.29) is 17.9 Å². The Morgan fingerprint density at radius 3 is 2.26 bits per heavy atom. The highest BCUT2D eigenvalue weighted by Crippen LogP contribution is 2.22. The molecule has 2 atom stereocenters. The highest BCUT2D eigenvalue weighted by atomic mass is 16.5. The van der Waals surface area contributed by atoms with Crippen LogP contribution >= 0.6 is 0 Å². The van der Waals surface area contributed by atoms with E-state index < -0.39 is 0 Å². The molecule has 2 aromatic rings. The van der Waals surface area contributed by atoms with Gasteiger partial charge < -0.3 is 10.1 Å². The van der Waals surface area contributed by atoms with Crippen LogP contribution in [0, 0.1) is 0 Å². The first-order valence-electron chi connectivity index (χ1n) is 8.18. The topological polar surface area (TPSA) is 38.3 Å². The molecule has 0 saturated carbocycles. The molecule has 0 spiro atoms. The molecule has 0 aromatic heterocycles. The molecule has 2 rings (SSSR count). The molecular weight excluding hydrogens is 286 g/mol. The van der Waals surface area contributed by atoms with E-state index in [9.17, 15) is 4.79 Å². The molecule has 0 aliphatic rings. The van der Waals surface area contributed by atoms with E-state index in [4.69, 9.17) is 4.74 Å². The lowest BCUT2D eigenvalue weighted by atomic mass is 9.91. The van der Waals surface area contributed by atoms with Gasteiger partial charge in [0.2, 0.25) is 0 Å². The van der Waals surface area contributed by atoms with Gasteiger partial charge in [-0.2, -0.15) is 0 Å². The average Bonchev–Trinajstić information content (AvgIpc) is 2.60. The van der Waals surface area contributed by atoms with Crippen LogP contribution in [0.2, 0.25) is 0 Å². The number of carbonyl (C=O) groups is 1. The van der Waals surface area contributed by atoms with Gasteiger partial charge in [0.15, 0.2) is 0 Å². The van der Waals surface area contributed by atoms with E-state index in [0.717, 1.165) is 6.54 Å². The van der Waals surface area contributed by atoms with Crippen LogP contribution in [0.4, 0.5) is 0 Å². The maximum atomic E-state index is 11.9. The molecule has 3 heteroatoms. The molecule has 0 fully saturated rings. The molecule has 2 aromatic carbocycles. The van der Waals surface area contributed by atoms with Gasteiger partial charge in [-0.15, -0.1) is 0 Å². The molecule has 2 unspecified atom stereocenters. The summed E-state index contributed by atoms with van der Waals surface area (Å²) in [5.41, 5.74) is 2.43. The van der Waals surface area contributed by atoms with E-state index in [1.165, 1.54) is 11.1 Å². The number of esters is 1. The van der Waals surface area contributed by atoms with E-state index >= 15 is 0 Å². The minimum Gasteiger partial charge on any atom is -0.466 e. The Hall–Kier alpha value is -2.13. The Labute approximate surface area is 138 Å². The highest BCUT2D eigenvalue weighted by Gasteiger charge is 2.22. The zero-order valence-electron chi connectivity index (χ0n) is 13.9. The molecule has 122 valence electrons. The van der Waals surface area contributed by atoms with Crippen molar-refractivity contribution in [1.82, 2.24) is 5.32 Å². The second-order valence-electron chi connectivity index (χ2n) is 5.68. The second kappa shape index (κ2) is 9.11. The summed E-state index contributed by atoms with van der Waals surface area (Å²) in [7, 11) is 0. The van der Waals surface area contributed by atoms with E-state index in [1.54, 1.807) is 0 Å². The maximum Gasteiger partial charge on any atom is 0.307 e. The molecule has 23 heavy (non-hydrogen) atoms. The third-order valence-electron chi connectivity index (χ3n) is 4.03. The van der Waals surface area contributed by atoms with Gasteiger partial charge in [0, 0.05) is 12.6 Å². The Morgan fingerprint density at radius 2 is 1.65 bits per heavy atom. The summed E-state index contributed by atoms with van der Waals surface area (Å²) in [5.74, 6) is 0.0742. The minimum atomic E-state index is -0.152. The highest BCUT2D eigenvalue weighted by molar-refractivity contribution is 5.70. The zero-order chi connectivity index (χ0) is 16.5. The van der Waals surface area contributed by atoms with Gasteiger partial charge >= 0.3 is 5.97 Å². The van der Waals surface area contributed by atoms with Gasteiger partial charge in [-0.05, 0) is 24.0 Å². The lowest BCUT2D eigenvalue weighted by Gasteiger charge is -2.25. The zero-order valence-corrected chi connectivity index (χ0v) is 13.9. The number of hydrogen-bond acceptors (Lipinski definition) is 3.